The van der Waals surface area contributed by atoms with Gasteiger partial charge in [-0.05, 0) is 36.8 Å². The highest BCUT2D eigenvalue weighted by atomic mass is 16.4. The van der Waals surface area contributed by atoms with Crippen molar-refractivity contribution in [3.8, 4) is 0 Å². The van der Waals surface area contributed by atoms with Gasteiger partial charge < -0.3 is 15.3 Å². The summed E-state index contributed by atoms with van der Waals surface area (Å²) in [7, 11) is 0. The van der Waals surface area contributed by atoms with Crippen molar-refractivity contribution in [2.45, 2.75) is 26.2 Å². The van der Waals surface area contributed by atoms with Crippen LogP contribution in [0.4, 0.5) is 10.5 Å². The fourth-order valence-electron chi connectivity index (χ4n) is 2.74. The lowest BCUT2D eigenvalue weighted by Crippen LogP contribution is -2.44. The monoisotopic (exact) mass is 291 g/mol. The number of nitrogens with zero attached hydrogens (tertiary/aromatic N) is 2. The Morgan fingerprint density at radius 2 is 2.38 bits per heavy atom. The molecule has 2 heterocycles. The van der Waals surface area contributed by atoms with Gasteiger partial charge in [-0.25, -0.2) is 4.79 Å². The van der Waals surface area contributed by atoms with Crippen molar-refractivity contribution in [1.29, 1.82) is 0 Å². The topological polar surface area (TPSA) is 82.5 Å². The second kappa shape index (κ2) is 7.06. The largest absolute Gasteiger partial charge is 0.481 e. The molecule has 1 saturated heterocycles. The summed E-state index contributed by atoms with van der Waals surface area (Å²) in [4.78, 5) is 28.8. The van der Waals surface area contributed by atoms with Gasteiger partial charge in [-0.1, -0.05) is 6.92 Å². The van der Waals surface area contributed by atoms with Gasteiger partial charge in [0.2, 0.25) is 0 Å². The Balaban J connectivity index is 1.91. The summed E-state index contributed by atoms with van der Waals surface area (Å²) < 4.78 is 0. The third kappa shape index (κ3) is 4.44. The van der Waals surface area contributed by atoms with Gasteiger partial charge in [0.05, 0.1) is 11.9 Å². The number of hydrogen-bond donors (Lipinski definition) is 2. The number of aromatic nitrogens is 1. The molecule has 0 aliphatic carbocycles. The molecule has 114 valence electrons. The zero-order valence-corrected chi connectivity index (χ0v) is 12.2. The van der Waals surface area contributed by atoms with Gasteiger partial charge in [0.25, 0.3) is 0 Å². The lowest BCUT2D eigenvalue weighted by atomic mass is 9.85. The minimum absolute atomic E-state index is 0.0801. The molecule has 2 unspecified atom stereocenters. The normalized spacial score (nSPS) is 19.9. The molecule has 0 radical (unpaired) electrons. The third-order valence-electron chi connectivity index (χ3n) is 3.96. The van der Waals surface area contributed by atoms with Crippen molar-refractivity contribution < 1.29 is 14.7 Å². The predicted octanol–water partition coefficient (Wildman–Crippen LogP) is 2.44. The highest BCUT2D eigenvalue weighted by molar-refractivity contribution is 5.89. The molecule has 1 aromatic heterocycles. The van der Waals surface area contributed by atoms with E-state index in [4.69, 9.17) is 5.11 Å². The van der Waals surface area contributed by atoms with Crippen LogP contribution in [-0.4, -0.2) is 40.1 Å². The maximum absolute atomic E-state index is 12.2. The number of pyridine rings is 1. The van der Waals surface area contributed by atoms with Crippen LogP contribution in [0.2, 0.25) is 0 Å². The lowest BCUT2D eigenvalue weighted by Gasteiger charge is -2.35. The summed E-state index contributed by atoms with van der Waals surface area (Å²) in [5.41, 5.74) is 0.670. The van der Waals surface area contributed by atoms with E-state index in [0.717, 1.165) is 12.8 Å². The van der Waals surface area contributed by atoms with Crippen LogP contribution < -0.4 is 5.32 Å². The van der Waals surface area contributed by atoms with E-state index in [2.05, 4.69) is 10.3 Å². The second-order valence-corrected chi connectivity index (χ2v) is 5.60. The number of piperidine rings is 1. The zero-order chi connectivity index (χ0) is 15.2. The average Bonchev–Trinajstić information content (AvgIpc) is 2.47. The second-order valence-electron chi connectivity index (χ2n) is 5.60. The summed E-state index contributed by atoms with van der Waals surface area (Å²) in [6.45, 7) is 3.27. The van der Waals surface area contributed by atoms with Gasteiger partial charge in [-0.2, -0.15) is 0 Å². The Kier molecular flexibility index (Phi) is 5.14. The number of hydrogen-bond acceptors (Lipinski definition) is 3. The van der Waals surface area contributed by atoms with E-state index >= 15 is 0 Å². The molecule has 2 N–H and O–H groups in total. The summed E-state index contributed by atoms with van der Waals surface area (Å²) in [6, 6.07) is 3.42. The molecule has 0 aromatic carbocycles. The van der Waals surface area contributed by atoms with E-state index in [-0.39, 0.29) is 24.3 Å². The van der Waals surface area contributed by atoms with E-state index in [1.165, 1.54) is 0 Å². The van der Waals surface area contributed by atoms with Crippen LogP contribution in [0.1, 0.15) is 26.2 Å². The predicted molar refractivity (Wildman–Crippen MR) is 79.0 cm³/mol. The maximum Gasteiger partial charge on any atom is 0.321 e. The first-order valence-corrected chi connectivity index (χ1v) is 7.24. The van der Waals surface area contributed by atoms with E-state index in [1.807, 2.05) is 6.92 Å². The molecule has 1 aliphatic rings. The van der Waals surface area contributed by atoms with Gasteiger partial charge in [0.15, 0.2) is 0 Å². The molecule has 2 rings (SSSR count). The van der Waals surface area contributed by atoms with Crippen LogP contribution in [0.15, 0.2) is 24.5 Å². The Hall–Kier alpha value is -2.11. The highest BCUT2D eigenvalue weighted by Gasteiger charge is 2.28. The molecule has 0 spiro atoms. The summed E-state index contributed by atoms with van der Waals surface area (Å²) >= 11 is 0. The summed E-state index contributed by atoms with van der Waals surface area (Å²) in [5, 5.41) is 11.7. The minimum Gasteiger partial charge on any atom is -0.481 e. The number of rotatable bonds is 4. The molecule has 0 saturated carbocycles. The smallest absolute Gasteiger partial charge is 0.321 e. The lowest BCUT2D eigenvalue weighted by molar-refractivity contribution is -0.138. The summed E-state index contributed by atoms with van der Waals surface area (Å²) in [6.07, 6.45) is 5.30. The highest BCUT2D eigenvalue weighted by Crippen LogP contribution is 2.26. The fraction of sp³-hybridized carbons (Fsp3) is 0.533. The number of aliphatic carboxylic acids is 1. The van der Waals surface area contributed by atoms with Crippen molar-refractivity contribution in [2.24, 2.45) is 11.8 Å². The molecular formula is C15H21N3O3. The van der Waals surface area contributed by atoms with Crippen LogP contribution in [0.5, 0.6) is 0 Å². The first-order valence-electron chi connectivity index (χ1n) is 7.24. The zero-order valence-electron chi connectivity index (χ0n) is 12.2. The van der Waals surface area contributed by atoms with Crippen molar-refractivity contribution >= 4 is 17.7 Å². The van der Waals surface area contributed by atoms with Crippen LogP contribution in [0, 0.1) is 11.8 Å². The maximum atomic E-state index is 12.2. The molecule has 2 amide bonds. The molecule has 6 heteroatoms. The number of carboxylic acid groups (broad SMARTS) is 1. The van der Waals surface area contributed by atoms with E-state index in [1.54, 1.807) is 29.4 Å². The first kappa shape index (κ1) is 15.3. The number of carboxylic acids is 1. The van der Waals surface area contributed by atoms with Crippen molar-refractivity contribution in [3.63, 3.8) is 0 Å². The SMILES string of the molecule is CC(CC(=O)O)C1CCCN(C(=O)Nc2cccnc2)C1. The molecule has 0 bridgehead atoms. The standard InChI is InChI=1S/C15H21N3O3/c1-11(8-14(19)20)12-4-3-7-18(10-12)15(21)17-13-5-2-6-16-9-13/h2,5-6,9,11-12H,3-4,7-8,10H2,1H3,(H,17,21)(H,19,20). The van der Waals surface area contributed by atoms with Crippen molar-refractivity contribution in [2.75, 3.05) is 18.4 Å². The molecule has 2 atom stereocenters. The van der Waals surface area contributed by atoms with E-state index < -0.39 is 5.97 Å². The molecule has 1 aliphatic heterocycles. The van der Waals surface area contributed by atoms with Crippen LogP contribution in [0.3, 0.4) is 0 Å². The average molecular weight is 291 g/mol. The fourth-order valence-corrected chi connectivity index (χ4v) is 2.74. The Morgan fingerprint density at radius 1 is 1.57 bits per heavy atom. The van der Waals surface area contributed by atoms with Gasteiger partial charge in [-0.3, -0.25) is 9.78 Å². The summed E-state index contributed by atoms with van der Waals surface area (Å²) in [5.74, 6) is -0.453. The molecule has 6 nitrogen and oxygen atoms in total. The molecular weight excluding hydrogens is 270 g/mol. The Bertz CT molecular complexity index is 492. The number of amides is 2. The van der Waals surface area contributed by atoms with Crippen LogP contribution >= 0.6 is 0 Å². The quantitative estimate of drug-likeness (QED) is 0.892. The molecule has 21 heavy (non-hydrogen) atoms. The van der Waals surface area contributed by atoms with Crippen molar-refractivity contribution in [1.82, 2.24) is 9.88 Å². The number of carbonyl (C=O) groups excluding carboxylic acids is 1. The number of anilines is 1. The van der Waals surface area contributed by atoms with E-state index in [9.17, 15) is 9.59 Å². The van der Waals surface area contributed by atoms with Gasteiger partial charge >= 0.3 is 12.0 Å². The minimum atomic E-state index is -0.778. The first-order chi connectivity index (χ1) is 10.1. The number of nitrogens with one attached hydrogen (secondary N) is 1. The Labute approximate surface area is 124 Å². The van der Waals surface area contributed by atoms with E-state index in [0.29, 0.717) is 18.8 Å². The molecule has 1 aromatic rings. The number of urea groups is 1. The van der Waals surface area contributed by atoms with Crippen LogP contribution in [-0.2, 0) is 4.79 Å². The molecule has 1 fully saturated rings. The van der Waals surface area contributed by atoms with Crippen molar-refractivity contribution in [3.05, 3.63) is 24.5 Å². The Morgan fingerprint density at radius 3 is 3.05 bits per heavy atom. The third-order valence-corrected chi connectivity index (χ3v) is 3.96. The van der Waals surface area contributed by atoms with Crippen LogP contribution in [0.25, 0.3) is 0 Å². The van der Waals surface area contributed by atoms with Gasteiger partial charge in [0, 0.05) is 25.7 Å². The number of likely N-dealkylation sites (tertiary alicyclic amines) is 1. The number of carbonyl (C=O) groups is 2. The van der Waals surface area contributed by atoms with Gasteiger partial charge in [0.1, 0.15) is 0 Å². The van der Waals surface area contributed by atoms with Gasteiger partial charge in [-0.15, -0.1) is 0 Å².